The van der Waals surface area contributed by atoms with Gasteiger partial charge in [-0.25, -0.2) is 4.79 Å². The van der Waals surface area contributed by atoms with E-state index in [1.807, 2.05) is 45.0 Å². The van der Waals surface area contributed by atoms with Crippen LogP contribution in [0.2, 0.25) is 0 Å². The number of nitrogens with zero attached hydrogens (tertiary/aromatic N) is 1. The molecule has 0 radical (unpaired) electrons. The van der Waals surface area contributed by atoms with Gasteiger partial charge in [-0.3, -0.25) is 4.79 Å². The summed E-state index contributed by atoms with van der Waals surface area (Å²) in [6.45, 7) is 5.57. The number of carbonyl (C=O) groups excluding carboxylic acids is 2. The molecule has 0 aliphatic heterocycles. The number of amides is 1. The molecule has 0 fully saturated rings. The zero-order chi connectivity index (χ0) is 15.1. The van der Waals surface area contributed by atoms with Crippen molar-refractivity contribution in [3.63, 3.8) is 0 Å². The summed E-state index contributed by atoms with van der Waals surface area (Å²) in [4.78, 5) is 24.7. The summed E-state index contributed by atoms with van der Waals surface area (Å²) in [6, 6.07) is 7.84. The molecule has 20 heavy (non-hydrogen) atoms. The van der Waals surface area contributed by atoms with E-state index in [-0.39, 0.29) is 18.6 Å². The lowest BCUT2D eigenvalue weighted by Crippen LogP contribution is -2.36. The van der Waals surface area contributed by atoms with Crippen molar-refractivity contribution in [1.29, 1.82) is 0 Å². The molecule has 0 aliphatic rings. The van der Waals surface area contributed by atoms with Crippen LogP contribution in [0.1, 0.15) is 25.0 Å². The second-order valence-electron chi connectivity index (χ2n) is 4.95. The molecule has 0 unspecified atom stereocenters. The SMILES string of the molecule is Cc1ccc(/C=C/C(=O)OCC(=O)N(C)C(C)C)cc1. The first-order chi connectivity index (χ1) is 9.40. The second-order valence-corrected chi connectivity index (χ2v) is 4.95. The van der Waals surface area contributed by atoms with Gasteiger partial charge in [0.05, 0.1) is 0 Å². The van der Waals surface area contributed by atoms with Crippen molar-refractivity contribution in [2.75, 3.05) is 13.7 Å². The molecule has 0 spiro atoms. The standard InChI is InChI=1S/C16H21NO3/c1-12(2)17(4)15(18)11-20-16(19)10-9-14-7-5-13(3)6-8-14/h5-10,12H,11H2,1-4H3/b10-9+. The van der Waals surface area contributed by atoms with Crippen molar-refractivity contribution in [1.82, 2.24) is 4.90 Å². The van der Waals surface area contributed by atoms with Crippen LogP contribution < -0.4 is 0 Å². The van der Waals surface area contributed by atoms with Crippen molar-refractivity contribution in [2.45, 2.75) is 26.8 Å². The zero-order valence-electron chi connectivity index (χ0n) is 12.4. The van der Waals surface area contributed by atoms with Gasteiger partial charge in [0.1, 0.15) is 0 Å². The molecule has 1 aromatic rings. The topological polar surface area (TPSA) is 46.6 Å². The van der Waals surface area contributed by atoms with E-state index >= 15 is 0 Å². The molecular formula is C16H21NO3. The van der Waals surface area contributed by atoms with E-state index < -0.39 is 5.97 Å². The molecule has 0 aromatic heterocycles. The fraction of sp³-hybridized carbons (Fsp3) is 0.375. The summed E-state index contributed by atoms with van der Waals surface area (Å²) in [5, 5.41) is 0. The molecule has 4 nitrogen and oxygen atoms in total. The summed E-state index contributed by atoms with van der Waals surface area (Å²) in [5.74, 6) is -0.729. The number of hydrogen-bond acceptors (Lipinski definition) is 3. The molecule has 1 rings (SSSR count). The first-order valence-corrected chi connectivity index (χ1v) is 6.57. The highest BCUT2D eigenvalue weighted by Gasteiger charge is 2.13. The van der Waals surface area contributed by atoms with Crippen LogP contribution in [0.4, 0.5) is 0 Å². The number of aryl methyl sites for hydroxylation is 1. The van der Waals surface area contributed by atoms with E-state index in [2.05, 4.69) is 0 Å². The van der Waals surface area contributed by atoms with Crippen molar-refractivity contribution in [3.8, 4) is 0 Å². The quantitative estimate of drug-likeness (QED) is 0.612. The number of ether oxygens (including phenoxy) is 1. The monoisotopic (exact) mass is 275 g/mol. The Bertz CT molecular complexity index is 489. The van der Waals surface area contributed by atoms with Gasteiger partial charge in [-0.05, 0) is 32.4 Å². The third kappa shape index (κ3) is 5.26. The predicted octanol–water partition coefficient (Wildman–Crippen LogP) is 2.42. The average Bonchev–Trinajstić information content (AvgIpc) is 2.43. The largest absolute Gasteiger partial charge is 0.452 e. The Morgan fingerprint density at radius 2 is 1.85 bits per heavy atom. The lowest BCUT2D eigenvalue weighted by Gasteiger charge is -2.20. The van der Waals surface area contributed by atoms with Gasteiger partial charge >= 0.3 is 5.97 Å². The molecule has 1 aromatic carbocycles. The molecular weight excluding hydrogens is 254 g/mol. The zero-order valence-corrected chi connectivity index (χ0v) is 12.4. The number of rotatable bonds is 5. The van der Waals surface area contributed by atoms with Crippen LogP contribution in [0.25, 0.3) is 6.08 Å². The minimum atomic E-state index is -0.518. The van der Waals surface area contributed by atoms with Crippen molar-refractivity contribution >= 4 is 18.0 Å². The van der Waals surface area contributed by atoms with Crippen molar-refractivity contribution in [2.24, 2.45) is 0 Å². The minimum absolute atomic E-state index is 0.0873. The molecule has 108 valence electrons. The molecule has 0 N–H and O–H groups in total. The smallest absolute Gasteiger partial charge is 0.331 e. The fourth-order valence-corrected chi connectivity index (χ4v) is 1.41. The maximum atomic E-state index is 11.6. The van der Waals surface area contributed by atoms with Crippen LogP contribution >= 0.6 is 0 Å². The number of benzene rings is 1. The number of esters is 1. The minimum Gasteiger partial charge on any atom is -0.452 e. The van der Waals surface area contributed by atoms with Gasteiger partial charge in [-0.15, -0.1) is 0 Å². The normalized spacial score (nSPS) is 10.8. The van der Waals surface area contributed by atoms with E-state index in [0.29, 0.717) is 0 Å². The summed E-state index contributed by atoms with van der Waals surface area (Å²) in [6.07, 6.45) is 2.99. The average molecular weight is 275 g/mol. The third-order valence-corrected chi connectivity index (χ3v) is 3.00. The maximum Gasteiger partial charge on any atom is 0.331 e. The Balaban J connectivity index is 2.44. The summed E-state index contributed by atoms with van der Waals surface area (Å²) in [5.41, 5.74) is 2.07. The summed E-state index contributed by atoms with van der Waals surface area (Å²) in [7, 11) is 1.68. The fourth-order valence-electron chi connectivity index (χ4n) is 1.41. The first-order valence-electron chi connectivity index (χ1n) is 6.57. The molecule has 0 saturated carbocycles. The van der Waals surface area contributed by atoms with Crippen LogP contribution in [0, 0.1) is 6.92 Å². The molecule has 0 bridgehead atoms. The maximum absolute atomic E-state index is 11.6. The highest BCUT2D eigenvalue weighted by Crippen LogP contribution is 2.05. The van der Waals surface area contributed by atoms with Crippen LogP contribution in [0.5, 0.6) is 0 Å². The highest BCUT2D eigenvalue weighted by molar-refractivity contribution is 5.89. The van der Waals surface area contributed by atoms with E-state index in [0.717, 1.165) is 11.1 Å². The highest BCUT2D eigenvalue weighted by atomic mass is 16.5. The van der Waals surface area contributed by atoms with Gasteiger partial charge in [-0.1, -0.05) is 29.8 Å². The Hall–Kier alpha value is -2.10. The van der Waals surface area contributed by atoms with Gasteiger partial charge in [-0.2, -0.15) is 0 Å². The van der Waals surface area contributed by atoms with Gasteiger partial charge in [0.2, 0.25) is 0 Å². The lowest BCUT2D eigenvalue weighted by molar-refractivity contribution is -0.148. The Kier molecular flexibility index (Phi) is 5.97. The van der Waals surface area contributed by atoms with Crippen LogP contribution in [0.15, 0.2) is 30.3 Å². The molecule has 4 heteroatoms. The van der Waals surface area contributed by atoms with Gasteiger partial charge in [0, 0.05) is 19.2 Å². The van der Waals surface area contributed by atoms with E-state index in [1.165, 1.54) is 11.0 Å². The Labute approximate surface area is 120 Å². The molecule has 0 heterocycles. The number of hydrogen-bond donors (Lipinski definition) is 0. The first kappa shape index (κ1) is 16.0. The van der Waals surface area contributed by atoms with E-state index in [1.54, 1.807) is 13.1 Å². The lowest BCUT2D eigenvalue weighted by atomic mass is 10.1. The Morgan fingerprint density at radius 1 is 1.25 bits per heavy atom. The number of likely N-dealkylation sites (N-methyl/N-ethyl adjacent to an activating group) is 1. The van der Waals surface area contributed by atoms with Gasteiger partial charge in [0.25, 0.3) is 5.91 Å². The van der Waals surface area contributed by atoms with E-state index in [9.17, 15) is 9.59 Å². The molecule has 0 aliphatic carbocycles. The third-order valence-electron chi connectivity index (χ3n) is 3.00. The predicted molar refractivity (Wildman–Crippen MR) is 79.1 cm³/mol. The van der Waals surface area contributed by atoms with Gasteiger partial charge in [0.15, 0.2) is 6.61 Å². The van der Waals surface area contributed by atoms with Crippen molar-refractivity contribution < 1.29 is 14.3 Å². The van der Waals surface area contributed by atoms with Gasteiger partial charge < -0.3 is 9.64 Å². The molecule has 0 atom stereocenters. The second kappa shape index (κ2) is 7.48. The van der Waals surface area contributed by atoms with Crippen LogP contribution in [-0.4, -0.2) is 36.5 Å². The molecule has 1 amide bonds. The van der Waals surface area contributed by atoms with Crippen LogP contribution in [0.3, 0.4) is 0 Å². The summed E-state index contributed by atoms with van der Waals surface area (Å²) >= 11 is 0. The summed E-state index contributed by atoms with van der Waals surface area (Å²) < 4.78 is 4.90. The molecule has 0 saturated heterocycles. The number of carbonyl (C=O) groups is 2. The van der Waals surface area contributed by atoms with Crippen LogP contribution in [-0.2, 0) is 14.3 Å². The van der Waals surface area contributed by atoms with Crippen molar-refractivity contribution in [3.05, 3.63) is 41.5 Å². The van der Waals surface area contributed by atoms with E-state index in [4.69, 9.17) is 4.74 Å². The Morgan fingerprint density at radius 3 is 2.40 bits per heavy atom.